The van der Waals surface area contributed by atoms with Gasteiger partial charge in [0.15, 0.2) is 0 Å². The van der Waals surface area contributed by atoms with E-state index in [1.54, 1.807) is 12.1 Å². The van der Waals surface area contributed by atoms with Crippen molar-refractivity contribution >= 4 is 11.9 Å². The Kier molecular flexibility index (Phi) is 5.17. The molecule has 1 aromatic rings. The summed E-state index contributed by atoms with van der Waals surface area (Å²) in [5.41, 5.74) is 0.764. The van der Waals surface area contributed by atoms with Crippen LogP contribution in [0.15, 0.2) is 24.3 Å². The Morgan fingerprint density at radius 2 is 2.06 bits per heavy atom. The number of para-hydroxylation sites is 1. The van der Waals surface area contributed by atoms with Crippen LogP contribution in [0.2, 0.25) is 0 Å². The van der Waals surface area contributed by atoms with Crippen molar-refractivity contribution in [3.63, 3.8) is 0 Å². The lowest BCUT2D eigenvalue weighted by molar-refractivity contribution is -0.141. The first-order valence-corrected chi connectivity index (χ1v) is 5.75. The van der Waals surface area contributed by atoms with E-state index < -0.39 is 12.0 Å². The van der Waals surface area contributed by atoms with Crippen molar-refractivity contribution in [2.45, 2.75) is 26.3 Å². The molecule has 5 nitrogen and oxygen atoms in total. The van der Waals surface area contributed by atoms with Crippen LogP contribution in [0.4, 0.5) is 0 Å². The minimum atomic E-state index is -1.06. The molecule has 2 N–H and O–H groups in total. The topological polar surface area (TPSA) is 75.6 Å². The number of hydrogen-bond donors (Lipinski definition) is 2. The van der Waals surface area contributed by atoms with E-state index in [4.69, 9.17) is 9.84 Å². The highest BCUT2D eigenvalue weighted by molar-refractivity contribution is 5.82. The minimum Gasteiger partial charge on any atom is -0.494 e. The van der Waals surface area contributed by atoms with Crippen LogP contribution in [0.25, 0.3) is 0 Å². The number of hydrogen-bond acceptors (Lipinski definition) is 3. The average molecular weight is 251 g/mol. The van der Waals surface area contributed by atoms with E-state index in [1.165, 1.54) is 6.92 Å². The zero-order valence-corrected chi connectivity index (χ0v) is 10.5. The summed E-state index contributed by atoms with van der Waals surface area (Å²) in [5.74, 6) is -0.774. The van der Waals surface area contributed by atoms with Gasteiger partial charge in [0.2, 0.25) is 5.91 Å². The quantitative estimate of drug-likeness (QED) is 0.797. The highest BCUT2D eigenvalue weighted by Crippen LogP contribution is 2.19. The molecule has 98 valence electrons. The van der Waals surface area contributed by atoms with Gasteiger partial charge in [-0.3, -0.25) is 4.79 Å². The standard InChI is InChI=1S/C13H17NO4/c1-3-18-12-7-5-4-6-10(12)8-11(13(16)17)14-9(2)15/h4-7,11H,3,8H2,1-2H3,(H,14,15)(H,16,17). The second kappa shape index (κ2) is 6.64. The smallest absolute Gasteiger partial charge is 0.326 e. The van der Waals surface area contributed by atoms with Crippen LogP contribution in [-0.4, -0.2) is 29.6 Å². The van der Waals surface area contributed by atoms with Gasteiger partial charge >= 0.3 is 5.97 Å². The molecule has 0 fully saturated rings. The van der Waals surface area contributed by atoms with Crippen molar-refractivity contribution in [2.24, 2.45) is 0 Å². The number of ether oxygens (including phenoxy) is 1. The summed E-state index contributed by atoms with van der Waals surface area (Å²) in [7, 11) is 0. The van der Waals surface area contributed by atoms with Crippen LogP contribution < -0.4 is 10.1 Å². The van der Waals surface area contributed by atoms with Gasteiger partial charge in [0.1, 0.15) is 11.8 Å². The number of aliphatic carboxylic acids is 1. The van der Waals surface area contributed by atoms with Crippen LogP contribution >= 0.6 is 0 Å². The Morgan fingerprint density at radius 3 is 2.61 bits per heavy atom. The lowest BCUT2D eigenvalue weighted by Gasteiger charge is -2.15. The number of carbonyl (C=O) groups is 2. The predicted molar refractivity (Wildman–Crippen MR) is 66.6 cm³/mol. The number of benzene rings is 1. The van der Waals surface area contributed by atoms with Gasteiger partial charge in [0, 0.05) is 13.3 Å². The minimum absolute atomic E-state index is 0.199. The molecule has 0 aliphatic rings. The molecule has 0 radical (unpaired) electrons. The van der Waals surface area contributed by atoms with Crippen molar-refractivity contribution in [1.82, 2.24) is 5.32 Å². The molecule has 18 heavy (non-hydrogen) atoms. The Bertz CT molecular complexity index is 431. The third-order valence-corrected chi connectivity index (χ3v) is 2.37. The van der Waals surface area contributed by atoms with E-state index in [-0.39, 0.29) is 12.3 Å². The number of rotatable bonds is 6. The van der Waals surface area contributed by atoms with Gasteiger partial charge in [-0.15, -0.1) is 0 Å². The third-order valence-electron chi connectivity index (χ3n) is 2.37. The molecule has 0 aliphatic carbocycles. The van der Waals surface area contributed by atoms with E-state index in [0.29, 0.717) is 12.4 Å². The number of nitrogens with one attached hydrogen (secondary N) is 1. The summed E-state index contributed by atoms with van der Waals surface area (Å²) in [5, 5.41) is 11.5. The molecule has 0 aliphatic heterocycles. The predicted octanol–water partition coefficient (Wildman–Crippen LogP) is 1.22. The molecule has 0 saturated heterocycles. The molecule has 0 bridgehead atoms. The summed E-state index contributed by atoms with van der Waals surface area (Å²) in [4.78, 5) is 22.0. The summed E-state index contributed by atoms with van der Waals surface area (Å²) >= 11 is 0. The Balaban J connectivity index is 2.86. The lowest BCUT2D eigenvalue weighted by atomic mass is 10.0. The van der Waals surface area contributed by atoms with E-state index in [2.05, 4.69) is 5.32 Å². The summed E-state index contributed by atoms with van der Waals surface area (Å²) in [6.45, 7) is 3.67. The van der Waals surface area contributed by atoms with Crippen LogP contribution in [0.1, 0.15) is 19.4 Å². The normalized spacial score (nSPS) is 11.7. The fraction of sp³-hybridized carbons (Fsp3) is 0.385. The first-order valence-electron chi connectivity index (χ1n) is 5.75. The van der Waals surface area contributed by atoms with Crippen LogP contribution in [0.3, 0.4) is 0 Å². The van der Waals surface area contributed by atoms with E-state index in [1.807, 2.05) is 19.1 Å². The summed E-state index contributed by atoms with van der Waals surface area (Å²) in [6.07, 6.45) is 0.199. The second-order valence-corrected chi connectivity index (χ2v) is 3.84. The maximum atomic E-state index is 11.1. The SMILES string of the molecule is CCOc1ccccc1CC(NC(C)=O)C(=O)O. The van der Waals surface area contributed by atoms with Gasteiger partial charge < -0.3 is 15.2 Å². The van der Waals surface area contributed by atoms with Gasteiger partial charge in [-0.25, -0.2) is 4.79 Å². The Morgan fingerprint density at radius 1 is 1.39 bits per heavy atom. The molecule has 5 heteroatoms. The number of carbonyl (C=O) groups excluding carboxylic acids is 1. The molecule has 1 rings (SSSR count). The molecule has 0 heterocycles. The monoisotopic (exact) mass is 251 g/mol. The first-order chi connectivity index (χ1) is 8.54. The molecule has 1 amide bonds. The highest BCUT2D eigenvalue weighted by Gasteiger charge is 2.20. The number of carboxylic acids is 1. The molecule has 1 atom stereocenters. The highest BCUT2D eigenvalue weighted by atomic mass is 16.5. The van der Waals surface area contributed by atoms with Crippen molar-refractivity contribution in [2.75, 3.05) is 6.61 Å². The molecular formula is C13H17NO4. The van der Waals surface area contributed by atoms with Crippen molar-refractivity contribution in [3.05, 3.63) is 29.8 Å². The number of amides is 1. The third kappa shape index (κ3) is 4.08. The maximum Gasteiger partial charge on any atom is 0.326 e. The maximum absolute atomic E-state index is 11.1. The Labute approximate surface area is 106 Å². The first kappa shape index (κ1) is 14.0. The van der Waals surface area contributed by atoms with E-state index in [9.17, 15) is 9.59 Å². The fourth-order valence-electron chi connectivity index (χ4n) is 1.63. The van der Waals surface area contributed by atoms with Crippen molar-refractivity contribution in [1.29, 1.82) is 0 Å². The van der Waals surface area contributed by atoms with Gasteiger partial charge in [-0.05, 0) is 18.6 Å². The van der Waals surface area contributed by atoms with Gasteiger partial charge in [0.25, 0.3) is 0 Å². The average Bonchev–Trinajstić information content (AvgIpc) is 2.30. The zero-order valence-electron chi connectivity index (χ0n) is 10.5. The van der Waals surface area contributed by atoms with E-state index >= 15 is 0 Å². The van der Waals surface area contributed by atoms with Crippen molar-refractivity contribution in [3.8, 4) is 5.75 Å². The van der Waals surface area contributed by atoms with Crippen LogP contribution in [0.5, 0.6) is 5.75 Å². The van der Waals surface area contributed by atoms with Crippen molar-refractivity contribution < 1.29 is 19.4 Å². The van der Waals surface area contributed by atoms with Crippen LogP contribution in [-0.2, 0) is 16.0 Å². The van der Waals surface area contributed by atoms with Gasteiger partial charge in [0.05, 0.1) is 6.61 Å². The lowest BCUT2D eigenvalue weighted by Crippen LogP contribution is -2.41. The summed E-state index contributed by atoms with van der Waals surface area (Å²) < 4.78 is 5.42. The molecular weight excluding hydrogens is 234 g/mol. The van der Waals surface area contributed by atoms with Gasteiger partial charge in [-0.1, -0.05) is 18.2 Å². The molecule has 1 aromatic carbocycles. The second-order valence-electron chi connectivity index (χ2n) is 3.84. The van der Waals surface area contributed by atoms with E-state index in [0.717, 1.165) is 5.56 Å². The summed E-state index contributed by atoms with van der Waals surface area (Å²) in [6, 6.07) is 6.27. The zero-order chi connectivity index (χ0) is 13.5. The molecule has 0 spiro atoms. The Hall–Kier alpha value is -2.04. The fourth-order valence-corrected chi connectivity index (χ4v) is 1.63. The van der Waals surface area contributed by atoms with Crippen LogP contribution in [0, 0.1) is 0 Å². The molecule has 0 saturated carbocycles. The van der Waals surface area contributed by atoms with Gasteiger partial charge in [-0.2, -0.15) is 0 Å². The molecule has 0 aromatic heterocycles. The largest absolute Gasteiger partial charge is 0.494 e. The molecule has 1 unspecified atom stereocenters. The number of carboxylic acid groups (broad SMARTS) is 1.